The SMILES string of the molecule is O=C(Cn1cncn1)Nc1cc(Br)ccc1C(=O)O. The number of hydrogen-bond acceptors (Lipinski definition) is 4. The molecular formula is C11H9BrN4O3. The standard InChI is InChI=1S/C11H9BrN4O3/c12-7-1-2-8(11(18)19)9(3-7)15-10(17)4-16-6-13-5-14-16/h1-3,5-6H,4H2,(H,15,17)(H,18,19). The summed E-state index contributed by atoms with van der Waals surface area (Å²) in [7, 11) is 0. The van der Waals surface area contributed by atoms with Crippen LogP contribution in [-0.2, 0) is 11.3 Å². The van der Waals surface area contributed by atoms with Crippen molar-refractivity contribution in [2.45, 2.75) is 6.54 Å². The Hall–Kier alpha value is -2.22. The zero-order valence-corrected chi connectivity index (χ0v) is 11.2. The summed E-state index contributed by atoms with van der Waals surface area (Å²) < 4.78 is 2.02. The number of rotatable bonds is 4. The lowest BCUT2D eigenvalue weighted by Crippen LogP contribution is -2.20. The molecular weight excluding hydrogens is 316 g/mol. The van der Waals surface area contributed by atoms with Gasteiger partial charge in [-0.25, -0.2) is 14.5 Å². The number of nitrogens with zero attached hydrogens (tertiary/aromatic N) is 3. The summed E-state index contributed by atoms with van der Waals surface area (Å²) in [4.78, 5) is 26.5. The lowest BCUT2D eigenvalue weighted by Gasteiger charge is -2.08. The van der Waals surface area contributed by atoms with Crippen LogP contribution in [-0.4, -0.2) is 31.7 Å². The third kappa shape index (κ3) is 3.38. The Labute approximate surface area is 116 Å². The number of benzene rings is 1. The smallest absolute Gasteiger partial charge is 0.337 e. The maximum atomic E-state index is 11.8. The minimum absolute atomic E-state index is 0.0233. The Kier molecular flexibility index (Phi) is 3.91. The van der Waals surface area contributed by atoms with Crippen LogP contribution >= 0.6 is 15.9 Å². The van der Waals surface area contributed by atoms with E-state index in [1.165, 1.54) is 29.5 Å². The van der Waals surface area contributed by atoms with E-state index in [2.05, 4.69) is 31.3 Å². The van der Waals surface area contributed by atoms with Crippen LogP contribution in [0.1, 0.15) is 10.4 Å². The topological polar surface area (TPSA) is 97.1 Å². The first-order valence-corrected chi connectivity index (χ1v) is 6.00. The van der Waals surface area contributed by atoms with Crippen LogP contribution in [0.4, 0.5) is 5.69 Å². The number of carboxylic acid groups (broad SMARTS) is 1. The van der Waals surface area contributed by atoms with E-state index >= 15 is 0 Å². The number of nitrogens with one attached hydrogen (secondary N) is 1. The molecule has 0 fully saturated rings. The molecule has 0 saturated carbocycles. The van der Waals surface area contributed by atoms with Crippen LogP contribution in [0.25, 0.3) is 0 Å². The number of carboxylic acids is 1. The van der Waals surface area contributed by atoms with Gasteiger partial charge in [0.2, 0.25) is 5.91 Å². The summed E-state index contributed by atoms with van der Waals surface area (Å²) in [6, 6.07) is 4.54. The molecule has 0 radical (unpaired) electrons. The van der Waals surface area contributed by atoms with Crippen molar-refractivity contribution in [2.75, 3.05) is 5.32 Å². The number of hydrogen-bond donors (Lipinski definition) is 2. The monoisotopic (exact) mass is 324 g/mol. The van der Waals surface area contributed by atoms with E-state index < -0.39 is 5.97 Å². The Morgan fingerprint density at radius 2 is 2.21 bits per heavy atom. The van der Waals surface area contributed by atoms with Gasteiger partial charge in [-0.05, 0) is 18.2 Å². The highest BCUT2D eigenvalue weighted by atomic mass is 79.9. The van der Waals surface area contributed by atoms with Crippen molar-refractivity contribution >= 4 is 33.5 Å². The summed E-state index contributed by atoms with van der Waals surface area (Å²) in [6.07, 6.45) is 2.72. The van der Waals surface area contributed by atoms with Crippen LogP contribution in [0, 0.1) is 0 Å². The molecule has 98 valence electrons. The molecule has 8 heteroatoms. The van der Waals surface area contributed by atoms with Gasteiger partial charge in [0.1, 0.15) is 19.2 Å². The average Bonchev–Trinajstić information content (AvgIpc) is 2.81. The molecule has 1 amide bonds. The van der Waals surface area contributed by atoms with Gasteiger partial charge in [0.15, 0.2) is 0 Å². The van der Waals surface area contributed by atoms with E-state index in [4.69, 9.17) is 5.11 Å². The van der Waals surface area contributed by atoms with Crippen molar-refractivity contribution in [1.29, 1.82) is 0 Å². The van der Waals surface area contributed by atoms with Crippen molar-refractivity contribution in [3.63, 3.8) is 0 Å². The molecule has 0 aliphatic heterocycles. The predicted octanol–water partition coefficient (Wildman–Crippen LogP) is 1.38. The minimum atomic E-state index is -1.11. The normalized spacial score (nSPS) is 10.2. The van der Waals surface area contributed by atoms with Crippen molar-refractivity contribution in [3.8, 4) is 0 Å². The molecule has 0 aliphatic carbocycles. The Bertz CT molecular complexity index is 612. The predicted molar refractivity (Wildman–Crippen MR) is 69.8 cm³/mol. The highest BCUT2D eigenvalue weighted by Gasteiger charge is 2.13. The molecule has 0 unspecified atom stereocenters. The Balaban J connectivity index is 2.16. The number of halogens is 1. The molecule has 2 N–H and O–H groups in total. The summed E-state index contributed by atoms with van der Waals surface area (Å²) in [5.41, 5.74) is 0.252. The van der Waals surface area contributed by atoms with Gasteiger partial charge in [-0.2, -0.15) is 5.10 Å². The van der Waals surface area contributed by atoms with Crippen LogP contribution in [0.5, 0.6) is 0 Å². The second kappa shape index (κ2) is 5.61. The summed E-state index contributed by atoms with van der Waals surface area (Å²) in [5.74, 6) is -1.49. The third-order valence-corrected chi connectivity index (χ3v) is 2.75. The number of aromatic nitrogens is 3. The van der Waals surface area contributed by atoms with Crippen LogP contribution in [0.2, 0.25) is 0 Å². The van der Waals surface area contributed by atoms with Gasteiger partial charge in [-0.3, -0.25) is 4.79 Å². The van der Waals surface area contributed by atoms with Crippen molar-refractivity contribution in [3.05, 3.63) is 40.9 Å². The van der Waals surface area contributed by atoms with E-state index in [-0.39, 0.29) is 23.7 Å². The molecule has 1 aromatic carbocycles. The zero-order chi connectivity index (χ0) is 13.8. The minimum Gasteiger partial charge on any atom is -0.478 e. The number of carbonyl (C=O) groups excluding carboxylic acids is 1. The fourth-order valence-electron chi connectivity index (χ4n) is 1.46. The first-order chi connectivity index (χ1) is 9.06. The molecule has 0 saturated heterocycles. The average molecular weight is 325 g/mol. The molecule has 0 aliphatic rings. The van der Waals surface area contributed by atoms with Gasteiger partial charge >= 0.3 is 5.97 Å². The molecule has 1 aromatic heterocycles. The largest absolute Gasteiger partial charge is 0.478 e. The highest BCUT2D eigenvalue weighted by Crippen LogP contribution is 2.21. The maximum Gasteiger partial charge on any atom is 0.337 e. The van der Waals surface area contributed by atoms with Crippen molar-refractivity contribution in [2.24, 2.45) is 0 Å². The summed E-state index contributed by atoms with van der Waals surface area (Å²) >= 11 is 3.22. The quantitative estimate of drug-likeness (QED) is 0.885. The lowest BCUT2D eigenvalue weighted by molar-refractivity contribution is -0.116. The number of amides is 1. The number of aromatic carboxylic acids is 1. The van der Waals surface area contributed by atoms with Gasteiger partial charge in [0, 0.05) is 4.47 Å². The summed E-state index contributed by atoms with van der Waals surface area (Å²) in [6.45, 7) is -0.0361. The summed E-state index contributed by atoms with van der Waals surface area (Å²) in [5, 5.41) is 15.4. The van der Waals surface area contributed by atoms with Crippen LogP contribution in [0.15, 0.2) is 35.3 Å². The number of anilines is 1. The second-order valence-electron chi connectivity index (χ2n) is 3.64. The van der Waals surface area contributed by atoms with Gasteiger partial charge in [0.25, 0.3) is 0 Å². The highest BCUT2D eigenvalue weighted by molar-refractivity contribution is 9.10. The van der Waals surface area contributed by atoms with Gasteiger partial charge < -0.3 is 10.4 Å². The van der Waals surface area contributed by atoms with E-state index in [0.29, 0.717) is 4.47 Å². The van der Waals surface area contributed by atoms with E-state index in [9.17, 15) is 9.59 Å². The molecule has 0 spiro atoms. The number of carbonyl (C=O) groups is 2. The van der Waals surface area contributed by atoms with Crippen molar-refractivity contribution < 1.29 is 14.7 Å². The fraction of sp³-hybridized carbons (Fsp3) is 0.0909. The molecule has 0 atom stereocenters. The van der Waals surface area contributed by atoms with Crippen LogP contribution < -0.4 is 5.32 Å². The molecule has 2 aromatic rings. The first-order valence-electron chi connectivity index (χ1n) is 5.21. The second-order valence-corrected chi connectivity index (χ2v) is 4.55. The molecule has 7 nitrogen and oxygen atoms in total. The zero-order valence-electron chi connectivity index (χ0n) is 9.58. The fourth-order valence-corrected chi connectivity index (χ4v) is 1.82. The molecule has 19 heavy (non-hydrogen) atoms. The van der Waals surface area contributed by atoms with Crippen LogP contribution in [0.3, 0.4) is 0 Å². The molecule has 1 heterocycles. The lowest BCUT2D eigenvalue weighted by atomic mass is 10.2. The molecule has 2 rings (SSSR count). The first kappa shape index (κ1) is 13.2. The maximum absolute atomic E-state index is 11.8. The van der Waals surface area contributed by atoms with E-state index in [1.807, 2.05) is 0 Å². The molecule has 0 bridgehead atoms. The van der Waals surface area contributed by atoms with E-state index in [0.717, 1.165) is 0 Å². The third-order valence-electron chi connectivity index (χ3n) is 2.26. The Morgan fingerprint density at radius 1 is 1.42 bits per heavy atom. The Morgan fingerprint density at radius 3 is 2.84 bits per heavy atom. The van der Waals surface area contributed by atoms with Gasteiger partial charge in [-0.1, -0.05) is 15.9 Å². The van der Waals surface area contributed by atoms with Gasteiger partial charge in [0.05, 0.1) is 11.3 Å². The van der Waals surface area contributed by atoms with Crippen molar-refractivity contribution in [1.82, 2.24) is 14.8 Å². The van der Waals surface area contributed by atoms with E-state index in [1.54, 1.807) is 6.07 Å². The van der Waals surface area contributed by atoms with Gasteiger partial charge in [-0.15, -0.1) is 0 Å².